The number of nitrogens with one attached hydrogen (secondary N) is 1. The van der Waals surface area contributed by atoms with Crippen molar-refractivity contribution in [2.24, 2.45) is 0 Å². The zero-order valence-electron chi connectivity index (χ0n) is 14.3. The lowest BCUT2D eigenvalue weighted by molar-refractivity contribution is 0.218. The quantitative estimate of drug-likeness (QED) is 0.800. The van der Waals surface area contributed by atoms with Crippen LogP contribution < -0.4 is 4.72 Å². The maximum absolute atomic E-state index is 12.5. The molecule has 1 aromatic heterocycles. The highest BCUT2D eigenvalue weighted by Crippen LogP contribution is 2.24. The van der Waals surface area contributed by atoms with E-state index < -0.39 is 10.0 Å². The lowest BCUT2D eigenvalue weighted by atomic mass is 10.1. The Hall–Kier alpha value is -1.28. The standard InChI is InChI=1S/C18H24N2O3S2/c1-15-3-2-4-16(11-15)14-25(21,22)19-12-18(17-5-8-23-13-17)20-6-9-24-10-7-20/h2-5,8,11,13,18-19H,6-7,9-10,12,14H2,1H3/t18-/m0/s1. The van der Waals surface area contributed by atoms with Crippen LogP contribution in [0.4, 0.5) is 0 Å². The summed E-state index contributed by atoms with van der Waals surface area (Å²) >= 11 is 1.94. The number of nitrogens with zero attached hydrogens (tertiary/aromatic N) is 1. The number of hydrogen-bond acceptors (Lipinski definition) is 5. The Kier molecular flexibility index (Phi) is 6.22. The molecule has 2 heterocycles. The van der Waals surface area contributed by atoms with Crippen molar-refractivity contribution in [2.75, 3.05) is 31.1 Å². The second-order valence-corrected chi connectivity index (χ2v) is 9.35. The predicted molar refractivity (Wildman–Crippen MR) is 102 cm³/mol. The molecule has 3 rings (SSSR count). The smallest absolute Gasteiger partial charge is 0.215 e. The van der Waals surface area contributed by atoms with E-state index in [0.29, 0.717) is 6.54 Å². The first-order valence-corrected chi connectivity index (χ1v) is 11.2. The molecule has 25 heavy (non-hydrogen) atoms. The summed E-state index contributed by atoms with van der Waals surface area (Å²) in [6.07, 6.45) is 3.35. The second-order valence-electron chi connectivity index (χ2n) is 6.32. The van der Waals surface area contributed by atoms with Crippen LogP contribution in [-0.2, 0) is 15.8 Å². The highest BCUT2D eigenvalue weighted by atomic mass is 32.2. The van der Waals surface area contributed by atoms with E-state index in [1.54, 1.807) is 12.5 Å². The van der Waals surface area contributed by atoms with Gasteiger partial charge in [0.2, 0.25) is 10.0 Å². The average Bonchev–Trinajstić information content (AvgIpc) is 3.10. The third-order valence-electron chi connectivity index (χ3n) is 4.35. The van der Waals surface area contributed by atoms with Crippen LogP contribution in [0.3, 0.4) is 0 Å². The fourth-order valence-electron chi connectivity index (χ4n) is 3.09. The molecule has 1 aromatic carbocycles. The Balaban J connectivity index is 1.67. The summed E-state index contributed by atoms with van der Waals surface area (Å²) in [5.74, 6) is 2.15. The molecule has 1 N–H and O–H groups in total. The Morgan fingerprint density at radius 2 is 2.08 bits per heavy atom. The van der Waals surface area contributed by atoms with E-state index in [9.17, 15) is 8.42 Å². The molecule has 136 valence electrons. The topological polar surface area (TPSA) is 62.6 Å². The first-order valence-electron chi connectivity index (χ1n) is 8.40. The van der Waals surface area contributed by atoms with Crippen molar-refractivity contribution in [3.63, 3.8) is 0 Å². The fourth-order valence-corrected chi connectivity index (χ4v) is 5.15. The number of furan rings is 1. The van der Waals surface area contributed by atoms with Gasteiger partial charge in [-0.1, -0.05) is 29.8 Å². The SMILES string of the molecule is Cc1cccc(CS(=O)(=O)NC[C@@H](c2ccoc2)N2CCSCC2)c1. The van der Waals surface area contributed by atoms with Gasteiger partial charge in [0.15, 0.2) is 0 Å². The summed E-state index contributed by atoms with van der Waals surface area (Å²) in [7, 11) is -3.39. The molecule has 0 spiro atoms. The van der Waals surface area contributed by atoms with Crippen molar-refractivity contribution in [1.29, 1.82) is 0 Å². The summed E-state index contributed by atoms with van der Waals surface area (Å²) in [6.45, 7) is 4.24. The monoisotopic (exact) mass is 380 g/mol. The molecule has 1 aliphatic heterocycles. The maximum Gasteiger partial charge on any atom is 0.215 e. The summed E-state index contributed by atoms with van der Waals surface area (Å²) < 4.78 is 33.0. The number of sulfonamides is 1. The average molecular weight is 381 g/mol. The van der Waals surface area contributed by atoms with Crippen LogP contribution in [0.1, 0.15) is 22.7 Å². The third-order valence-corrected chi connectivity index (χ3v) is 6.61. The zero-order chi connectivity index (χ0) is 17.7. The van der Waals surface area contributed by atoms with Gasteiger partial charge in [-0.2, -0.15) is 11.8 Å². The molecule has 0 unspecified atom stereocenters. The lowest BCUT2D eigenvalue weighted by Crippen LogP contribution is -2.42. The lowest BCUT2D eigenvalue weighted by Gasteiger charge is -2.33. The summed E-state index contributed by atoms with van der Waals surface area (Å²) in [4.78, 5) is 2.33. The molecule has 7 heteroatoms. The molecule has 0 amide bonds. The minimum absolute atomic E-state index is 0.00262. The minimum Gasteiger partial charge on any atom is -0.472 e. The van der Waals surface area contributed by atoms with E-state index in [0.717, 1.165) is 41.3 Å². The molecular formula is C18H24N2O3S2. The van der Waals surface area contributed by atoms with Crippen molar-refractivity contribution < 1.29 is 12.8 Å². The molecule has 1 atom stereocenters. The van der Waals surface area contributed by atoms with Crippen LogP contribution in [0.15, 0.2) is 47.3 Å². The van der Waals surface area contributed by atoms with Gasteiger partial charge in [0.05, 0.1) is 24.3 Å². The maximum atomic E-state index is 12.5. The van der Waals surface area contributed by atoms with Gasteiger partial charge in [-0.25, -0.2) is 13.1 Å². The fraction of sp³-hybridized carbons (Fsp3) is 0.444. The Morgan fingerprint density at radius 1 is 1.28 bits per heavy atom. The first kappa shape index (κ1) is 18.5. The number of hydrogen-bond donors (Lipinski definition) is 1. The largest absolute Gasteiger partial charge is 0.472 e. The van der Waals surface area contributed by atoms with Crippen LogP contribution in [0.2, 0.25) is 0 Å². The van der Waals surface area contributed by atoms with Gasteiger partial charge in [-0.3, -0.25) is 4.90 Å². The van der Waals surface area contributed by atoms with Gasteiger partial charge in [-0.05, 0) is 18.6 Å². The molecule has 0 radical (unpaired) electrons. The summed E-state index contributed by atoms with van der Waals surface area (Å²) in [5.41, 5.74) is 2.89. The van der Waals surface area contributed by atoms with Gasteiger partial charge >= 0.3 is 0 Å². The van der Waals surface area contributed by atoms with Gasteiger partial charge < -0.3 is 4.42 Å². The van der Waals surface area contributed by atoms with Crippen molar-refractivity contribution in [3.05, 3.63) is 59.5 Å². The number of rotatable bonds is 7. The first-order chi connectivity index (χ1) is 12.0. The van der Waals surface area contributed by atoms with E-state index >= 15 is 0 Å². The van der Waals surface area contributed by atoms with Crippen molar-refractivity contribution in [2.45, 2.75) is 18.7 Å². The molecule has 2 aromatic rings. The van der Waals surface area contributed by atoms with E-state index in [1.807, 2.05) is 49.0 Å². The van der Waals surface area contributed by atoms with Crippen LogP contribution in [-0.4, -0.2) is 44.5 Å². The molecule has 1 aliphatic rings. The van der Waals surface area contributed by atoms with Gasteiger partial charge in [-0.15, -0.1) is 0 Å². The van der Waals surface area contributed by atoms with Crippen LogP contribution in [0.5, 0.6) is 0 Å². The third kappa shape index (κ3) is 5.34. The number of benzene rings is 1. The molecule has 5 nitrogen and oxygen atoms in total. The van der Waals surface area contributed by atoms with Gasteiger partial charge in [0.25, 0.3) is 0 Å². The van der Waals surface area contributed by atoms with Crippen LogP contribution >= 0.6 is 11.8 Å². The van der Waals surface area contributed by atoms with Crippen LogP contribution in [0.25, 0.3) is 0 Å². The molecule has 0 aliphatic carbocycles. The highest BCUT2D eigenvalue weighted by Gasteiger charge is 2.25. The molecule has 0 bridgehead atoms. The molecular weight excluding hydrogens is 356 g/mol. The van der Waals surface area contributed by atoms with Crippen molar-refractivity contribution in [1.82, 2.24) is 9.62 Å². The number of aryl methyl sites for hydroxylation is 1. The number of thioether (sulfide) groups is 1. The molecule has 1 fully saturated rings. The van der Waals surface area contributed by atoms with Crippen molar-refractivity contribution >= 4 is 21.8 Å². The van der Waals surface area contributed by atoms with E-state index in [2.05, 4.69) is 9.62 Å². The Morgan fingerprint density at radius 3 is 2.76 bits per heavy atom. The van der Waals surface area contributed by atoms with E-state index in [1.165, 1.54) is 0 Å². The van der Waals surface area contributed by atoms with E-state index in [4.69, 9.17) is 4.42 Å². The zero-order valence-corrected chi connectivity index (χ0v) is 16.0. The van der Waals surface area contributed by atoms with Gasteiger partial charge in [0, 0.05) is 36.7 Å². The van der Waals surface area contributed by atoms with Gasteiger partial charge in [0.1, 0.15) is 0 Å². The predicted octanol–water partition coefficient (Wildman–Crippen LogP) is 2.80. The Bertz CT molecular complexity index is 769. The van der Waals surface area contributed by atoms with E-state index in [-0.39, 0.29) is 11.8 Å². The second kappa shape index (κ2) is 8.40. The van der Waals surface area contributed by atoms with Crippen LogP contribution in [0, 0.1) is 6.92 Å². The summed E-state index contributed by atoms with van der Waals surface area (Å²) in [5, 5.41) is 0. The molecule has 1 saturated heterocycles. The molecule has 0 saturated carbocycles. The van der Waals surface area contributed by atoms with Crippen molar-refractivity contribution in [3.8, 4) is 0 Å². The minimum atomic E-state index is -3.39. The summed E-state index contributed by atoms with van der Waals surface area (Å²) in [6, 6.07) is 9.54. The Labute approximate surface area is 153 Å². The highest BCUT2D eigenvalue weighted by molar-refractivity contribution is 7.99. The normalized spacial score (nSPS) is 17.5.